The molecule has 1 unspecified atom stereocenters. The minimum absolute atomic E-state index is 0.207. The van der Waals surface area contributed by atoms with Gasteiger partial charge in [0.25, 0.3) is 0 Å². The highest BCUT2D eigenvalue weighted by Gasteiger charge is 2.18. The van der Waals surface area contributed by atoms with Gasteiger partial charge in [-0.05, 0) is 36.6 Å². The van der Waals surface area contributed by atoms with Crippen LogP contribution in [0.25, 0.3) is 10.4 Å². The lowest BCUT2D eigenvalue weighted by Gasteiger charge is -2.16. The second-order valence-corrected chi connectivity index (χ2v) is 9.03. The van der Waals surface area contributed by atoms with Crippen LogP contribution in [0, 0.1) is 0 Å². The van der Waals surface area contributed by atoms with Gasteiger partial charge in [-0.2, -0.15) is 0 Å². The number of carboxylic acids is 1. The molecule has 0 bridgehead atoms. The van der Waals surface area contributed by atoms with Crippen molar-refractivity contribution in [2.24, 2.45) is 0 Å². The van der Waals surface area contributed by atoms with Crippen molar-refractivity contribution in [1.29, 1.82) is 0 Å². The average molecular weight is 446 g/mol. The predicted molar refractivity (Wildman–Crippen MR) is 126 cm³/mol. The lowest BCUT2D eigenvalue weighted by Crippen LogP contribution is -2.26. The van der Waals surface area contributed by atoms with Gasteiger partial charge < -0.3 is 14.7 Å². The fraction of sp³-hybridized carbons (Fsp3) is 0.520. The van der Waals surface area contributed by atoms with Crippen LogP contribution in [0.4, 0.5) is 0 Å². The number of benzene rings is 1. The highest BCUT2D eigenvalue weighted by atomic mass is 32.1. The number of aliphatic carboxylic acids is 1. The Kier molecular flexibility index (Phi) is 10.7. The van der Waals surface area contributed by atoms with Gasteiger partial charge in [-0.25, -0.2) is 4.79 Å². The Morgan fingerprint density at radius 3 is 2.39 bits per heavy atom. The van der Waals surface area contributed by atoms with Gasteiger partial charge in [-0.1, -0.05) is 56.9 Å². The molecule has 1 aromatic carbocycles. The molecule has 0 saturated heterocycles. The van der Waals surface area contributed by atoms with Crippen LogP contribution in [-0.2, 0) is 27.3 Å². The van der Waals surface area contributed by atoms with Gasteiger partial charge in [0.05, 0.1) is 6.54 Å². The fourth-order valence-corrected chi connectivity index (χ4v) is 4.52. The maximum atomic E-state index is 12.4. The van der Waals surface area contributed by atoms with Crippen LogP contribution < -0.4 is 0 Å². The highest BCUT2D eigenvalue weighted by Crippen LogP contribution is 2.29. The number of unbranched alkanes of at least 4 members (excludes halogenated alkanes) is 4. The Bertz CT molecular complexity index is 815. The number of thiophene rings is 1. The molecule has 2 aromatic rings. The molecule has 0 fully saturated rings. The molecule has 5 nitrogen and oxygen atoms in total. The number of amides is 1. The van der Waals surface area contributed by atoms with Crippen molar-refractivity contribution in [3.8, 4) is 10.4 Å². The van der Waals surface area contributed by atoms with Crippen molar-refractivity contribution in [2.75, 3.05) is 13.7 Å². The molecule has 0 aliphatic heterocycles. The zero-order valence-corrected chi connectivity index (χ0v) is 19.7. The first-order chi connectivity index (χ1) is 14.9. The Labute approximate surface area is 190 Å². The third-order valence-electron chi connectivity index (χ3n) is 5.28. The second kappa shape index (κ2) is 13.3. The van der Waals surface area contributed by atoms with E-state index in [0.717, 1.165) is 33.7 Å². The quantitative estimate of drug-likeness (QED) is 0.375. The standard InChI is InChI=1S/C25H35NO4S/c1-4-6-7-8-9-10-24(27)26(3)18-21-15-16-23(31-21)20-13-11-19(12-14-20)17-22(25(28)29)30-5-2/h11-16,22H,4-10,17-18H2,1-3H3,(H,28,29). The molecule has 0 radical (unpaired) electrons. The lowest BCUT2D eigenvalue weighted by atomic mass is 10.1. The van der Waals surface area contributed by atoms with Gasteiger partial charge in [0.15, 0.2) is 6.10 Å². The molecule has 1 aromatic heterocycles. The number of carbonyl (C=O) groups excluding carboxylic acids is 1. The number of carbonyl (C=O) groups is 2. The summed E-state index contributed by atoms with van der Waals surface area (Å²) in [5.74, 6) is -0.730. The van der Waals surface area contributed by atoms with E-state index in [4.69, 9.17) is 4.74 Å². The van der Waals surface area contributed by atoms with Gasteiger partial charge >= 0.3 is 5.97 Å². The van der Waals surface area contributed by atoms with Crippen molar-refractivity contribution in [1.82, 2.24) is 4.90 Å². The maximum absolute atomic E-state index is 12.4. The first kappa shape index (κ1) is 25.1. The fourth-order valence-electron chi connectivity index (χ4n) is 3.45. The maximum Gasteiger partial charge on any atom is 0.333 e. The molecule has 0 saturated carbocycles. The van der Waals surface area contributed by atoms with E-state index in [0.29, 0.717) is 26.0 Å². The Hall–Kier alpha value is -2.18. The molecule has 2 rings (SSSR count). The van der Waals surface area contributed by atoms with Crippen molar-refractivity contribution in [2.45, 2.75) is 71.4 Å². The smallest absolute Gasteiger partial charge is 0.333 e. The van der Waals surface area contributed by atoms with E-state index in [-0.39, 0.29) is 5.91 Å². The zero-order valence-electron chi connectivity index (χ0n) is 18.9. The third-order valence-corrected chi connectivity index (χ3v) is 6.40. The molecule has 0 aliphatic carbocycles. The van der Waals surface area contributed by atoms with Crippen LogP contribution in [0.5, 0.6) is 0 Å². The van der Waals surface area contributed by atoms with Gasteiger partial charge in [-0.15, -0.1) is 11.3 Å². The molecule has 170 valence electrons. The molecular formula is C25H35NO4S. The molecule has 0 aliphatic rings. The van der Waals surface area contributed by atoms with Crippen molar-refractivity contribution in [3.05, 3.63) is 46.8 Å². The van der Waals surface area contributed by atoms with Crippen LogP contribution in [0.3, 0.4) is 0 Å². The summed E-state index contributed by atoms with van der Waals surface area (Å²) in [6.07, 6.45) is 5.93. The van der Waals surface area contributed by atoms with Gasteiger partial charge in [0, 0.05) is 36.3 Å². The number of rotatable bonds is 14. The molecule has 0 spiro atoms. The first-order valence-corrected chi connectivity index (χ1v) is 12.0. The van der Waals surface area contributed by atoms with E-state index in [1.807, 2.05) is 36.2 Å². The van der Waals surface area contributed by atoms with Gasteiger partial charge in [-0.3, -0.25) is 4.79 Å². The predicted octanol–water partition coefficient (Wildman–Crippen LogP) is 5.77. The number of ether oxygens (including phenoxy) is 1. The van der Waals surface area contributed by atoms with Gasteiger partial charge in [0.1, 0.15) is 0 Å². The van der Waals surface area contributed by atoms with E-state index in [1.165, 1.54) is 19.3 Å². The minimum atomic E-state index is -0.937. The summed E-state index contributed by atoms with van der Waals surface area (Å²) in [4.78, 5) is 27.7. The third kappa shape index (κ3) is 8.46. The van der Waals surface area contributed by atoms with Crippen molar-refractivity contribution >= 4 is 23.2 Å². The number of hydrogen-bond acceptors (Lipinski definition) is 4. The van der Waals surface area contributed by atoms with Gasteiger partial charge in [0.2, 0.25) is 5.91 Å². The van der Waals surface area contributed by atoms with E-state index in [2.05, 4.69) is 19.1 Å². The molecule has 1 amide bonds. The largest absolute Gasteiger partial charge is 0.479 e. The summed E-state index contributed by atoms with van der Waals surface area (Å²) >= 11 is 1.69. The van der Waals surface area contributed by atoms with Crippen molar-refractivity contribution in [3.63, 3.8) is 0 Å². The normalized spacial score (nSPS) is 12.0. The van der Waals surface area contributed by atoms with Crippen molar-refractivity contribution < 1.29 is 19.4 Å². The first-order valence-electron chi connectivity index (χ1n) is 11.2. The highest BCUT2D eigenvalue weighted by molar-refractivity contribution is 7.15. The van der Waals surface area contributed by atoms with E-state index in [9.17, 15) is 14.7 Å². The summed E-state index contributed by atoms with van der Waals surface area (Å²) in [5.41, 5.74) is 2.03. The Balaban J connectivity index is 1.88. The molecule has 6 heteroatoms. The van der Waals surface area contributed by atoms with Crippen LogP contribution in [0.1, 0.15) is 62.8 Å². The van der Waals surface area contributed by atoms with E-state index in [1.54, 1.807) is 18.3 Å². The zero-order chi connectivity index (χ0) is 22.6. The summed E-state index contributed by atoms with van der Waals surface area (Å²) < 4.78 is 5.29. The molecule has 1 atom stereocenters. The molecule has 1 N–H and O–H groups in total. The second-order valence-electron chi connectivity index (χ2n) is 7.86. The topological polar surface area (TPSA) is 66.8 Å². The lowest BCUT2D eigenvalue weighted by molar-refractivity contribution is -0.150. The summed E-state index contributed by atoms with van der Waals surface area (Å²) in [7, 11) is 1.87. The van der Waals surface area contributed by atoms with E-state index >= 15 is 0 Å². The van der Waals surface area contributed by atoms with E-state index < -0.39 is 12.1 Å². The number of carboxylic acid groups (broad SMARTS) is 1. The molecule has 1 heterocycles. The van der Waals surface area contributed by atoms with Crippen LogP contribution in [-0.4, -0.2) is 41.6 Å². The summed E-state index contributed by atoms with van der Waals surface area (Å²) in [5, 5.41) is 9.24. The summed E-state index contributed by atoms with van der Waals surface area (Å²) in [6, 6.07) is 12.1. The van der Waals surface area contributed by atoms with Crippen LogP contribution >= 0.6 is 11.3 Å². The Morgan fingerprint density at radius 2 is 1.74 bits per heavy atom. The number of nitrogens with zero attached hydrogens (tertiary/aromatic N) is 1. The molecular weight excluding hydrogens is 410 g/mol. The van der Waals surface area contributed by atoms with Crippen LogP contribution in [0.2, 0.25) is 0 Å². The SMILES string of the molecule is CCCCCCCC(=O)N(C)Cc1ccc(-c2ccc(CC(OCC)C(=O)O)cc2)s1. The summed E-state index contributed by atoms with van der Waals surface area (Å²) in [6.45, 7) is 5.00. The minimum Gasteiger partial charge on any atom is -0.479 e. The Morgan fingerprint density at radius 1 is 1.03 bits per heavy atom. The average Bonchev–Trinajstić information content (AvgIpc) is 3.22. The number of hydrogen-bond donors (Lipinski definition) is 1. The monoisotopic (exact) mass is 445 g/mol. The van der Waals surface area contributed by atoms with Crippen LogP contribution in [0.15, 0.2) is 36.4 Å². The molecule has 31 heavy (non-hydrogen) atoms.